The molecule has 0 aliphatic heterocycles. The molecular formula is C31H31ClN4O3. The number of hydrogen-bond acceptors (Lipinski definition) is 5. The Morgan fingerprint density at radius 2 is 1.62 bits per heavy atom. The van der Waals surface area contributed by atoms with E-state index in [-0.39, 0.29) is 17.8 Å². The van der Waals surface area contributed by atoms with E-state index in [4.69, 9.17) is 27.1 Å². The number of esters is 1. The zero-order valence-corrected chi connectivity index (χ0v) is 23.0. The molecule has 3 aromatic carbocycles. The lowest BCUT2D eigenvalue weighted by Gasteiger charge is -2.20. The van der Waals surface area contributed by atoms with E-state index >= 15 is 0 Å². The molecule has 0 aliphatic rings. The number of carbonyl (C=O) groups excluding carboxylic acids is 1. The number of hydrogen-bond donors (Lipinski definition) is 1. The maximum absolute atomic E-state index is 14.2. The standard InChI is InChI=1S/C31H31ClN4O3/c1-31(2,3)39-26(37)19-36-25-12-7-5-10-23(25)34-28(30(36)38)27-22-9-4-6-11-24(22)35(18-8-17-33)29(27)20-13-15-21(32)16-14-20/h4-7,9-16H,8,17-19,33H2,1-3H3. The quantitative estimate of drug-likeness (QED) is 0.253. The van der Waals surface area contributed by atoms with E-state index in [1.165, 1.54) is 4.57 Å². The van der Waals surface area contributed by atoms with Crippen molar-refractivity contribution in [3.05, 3.63) is 88.2 Å². The van der Waals surface area contributed by atoms with Gasteiger partial charge in [0.15, 0.2) is 0 Å². The third kappa shape index (κ3) is 5.33. The second-order valence-corrected chi connectivity index (χ2v) is 10.9. The molecular weight excluding hydrogens is 512 g/mol. The van der Waals surface area contributed by atoms with Crippen molar-refractivity contribution in [1.82, 2.24) is 14.1 Å². The maximum Gasteiger partial charge on any atom is 0.326 e. The van der Waals surface area contributed by atoms with Gasteiger partial charge in [0.2, 0.25) is 0 Å². The second-order valence-electron chi connectivity index (χ2n) is 10.5. The van der Waals surface area contributed by atoms with Crippen LogP contribution in [0.25, 0.3) is 44.5 Å². The Morgan fingerprint density at radius 1 is 0.949 bits per heavy atom. The van der Waals surface area contributed by atoms with Crippen molar-refractivity contribution in [1.29, 1.82) is 0 Å². The van der Waals surface area contributed by atoms with Crippen molar-refractivity contribution in [2.75, 3.05) is 6.54 Å². The number of rotatable bonds is 7. The third-order valence-corrected chi connectivity index (χ3v) is 6.72. The predicted octanol–water partition coefficient (Wildman–Crippen LogP) is 6.03. The zero-order chi connectivity index (χ0) is 27.7. The highest BCUT2D eigenvalue weighted by Crippen LogP contribution is 2.40. The van der Waals surface area contributed by atoms with Gasteiger partial charge in [0.25, 0.3) is 5.56 Å². The van der Waals surface area contributed by atoms with E-state index < -0.39 is 11.6 Å². The molecule has 0 saturated heterocycles. The van der Waals surface area contributed by atoms with E-state index in [9.17, 15) is 9.59 Å². The summed E-state index contributed by atoms with van der Waals surface area (Å²) in [6, 6.07) is 22.8. The van der Waals surface area contributed by atoms with Crippen LogP contribution in [0.4, 0.5) is 0 Å². The lowest BCUT2D eigenvalue weighted by atomic mass is 10.0. The predicted molar refractivity (Wildman–Crippen MR) is 157 cm³/mol. The SMILES string of the molecule is CC(C)(C)OC(=O)Cn1c(=O)c(-c2c(-c3ccc(Cl)cc3)n(CCCN)c3ccccc23)nc2ccccc21. The monoisotopic (exact) mass is 542 g/mol. The number of para-hydroxylation sites is 3. The average Bonchev–Trinajstić information content (AvgIpc) is 3.22. The van der Waals surface area contributed by atoms with Crippen LogP contribution >= 0.6 is 11.6 Å². The van der Waals surface area contributed by atoms with Gasteiger partial charge < -0.3 is 15.0 Å². The van der Waals surface area contributed by atoms with Crippen molar-refractivity contribution >= 4 is 39.5 Å². The van der Waals surface area contributed by atoms with Crippen molar-refractivity contribution in [3.63, 3.8) is 0 Å². The van der Waals surface area contributed by atoms with E-state index in [1.807, 2.05) is 66.7 Å². The van der Waals surface area contributed by atoms with Crippen LogP contribution in [0.1, 0.15) is 27.2 Å². The largest absolute Gasteiger partial charge is 0.459 e. The Morgan fingerprint density at radius 3 is 2.31 bits per heavy atom. The molecule has 2 N–H and O–H groups in total. The fourth-order valence-electron chi connectivity index (χ4n) is 4.95. The summed E-state index contributed by atoms with van der Waals surface area (Å²) in [4.78, 5) is 32.0. The molecule has 5 rings (SSSR count). The van der Waals surface area contributed by atoms with Crippen LogP contribution in [0.3, 0.4) is 0 Å². The van der Waals surface area contributed by atoms with Gasteiger partial charge in [-0.1, -0.05) is 54.1 Å². The maximum atomic E-state index is 14.2. The molecule has 0 unspecified atom stereocenters. The number of halogens is 1. The van der Waals surface area contributed by atoms with Gasteiger partial charge in [-0.2, -0.15) is 0 Å². The van der Waals surface area contributed by atoms with E-state index in [1.54, 1.807) is 26.8 Å². The van der Waals surface area contributed by atoms with Crippen LogP contribution in [-0.2, 0) is 22.6 Å². The first-order chi connectivity index (χ1) is 18.7. The minimum atomic E-state index is -0.676. The minimum Gasteiger partial charge on any atom is -0.459 e. The van der Waals surface area contributed by atoms with Gasteiger partial charge in [-0.3, -0.25) is 14.2 Å². The van der Waals surface area contributed by atoms with Gasteiger partial charge in [-0.05, 0) is 69.6 Å². The Balaban J connectivity index is 1.84. The summed E-state index contributed by atoms with van der Waals surface area (Å²) in [5.41, 5.74) is 9.73. The lowest BCUT2D eigenvalue weighted by molar-refractivity contribution is -0.155. The van der Waals surface area contributed by atoms with Gasteiger partial charge in [0.05, 0.1) is 16.7 Å². The summed E-state index contributed by atoms with van der Waals surface area (Å²) in [6.45, 7) is 6.37. The zero-order valence-electron chi connectivity index (χ0n) is 22.3. The first-order valence-corrected chi connectivity index (χ1v) is 13.3. The first-order valence-electron chi connectivity index (χ1n) is 13.0. The van der Waals surface area contributed by atoms with Crippen molar-refractivity contribution < 1.29 is 9.53 Å². The van der Waals surface area contributed by atoms with Gasteiger partial charge in [-0.25, -0.2) is 4.98 Å². The Kier molecular flexibility index (Phi) is 7.30. The molecule has 7 nitrogen and oxygen atoms in total. The van der Waals surface area contributed by atoms with Crippen molar-refractivity contribution in [2.45, 2.75) is 45.9 Å². The van der Waals surface area contributed by atoms with Crippen LogP contribution in [0, 0.1) is 0 Å². The Hall–Kier alpha value is -3.94. The minimum absolute atomic E-state index is 0.228. The highest BCUT2D eigenvalue weighted by atomic mass is 35.5. The van der Waals surface area contributed by atoms with Gasteiger partial charge in [0, 0.05) is 28.0 Å². The summed E-state index contributed by atoms with van der Waals surface area (Å²) in [7, 11) is 0. The molecule has 0 saturated carbocycles. The fraction of sp³-hybridized carbons (Fsp3) is 0.258. The molecule has 5 aromatic rings. The highest BCUT2D eigenvalue weighted by molar-refractivity contribution is 6.30. The number of benzene rings is 3. The summed E-state index contributed by atoms with van der Waals surface area (Å²) in [5, 5.41) is 1.51. The molecule has 0 bridgehead atoms. The van der Waals surface area contributed by atoms with Gasteiger partial charge in [0.1, 0.15) is 17.8 Å². The Labute approximate surface area is 231 Å². The normalized spacial score (nSPS) is 11.8. The van der Waals surface area contributed by atoms with E-state index in [2.05, 4.69) is 4.57 Å². The third-order valence-electron chi connectivity index (χ3n) is 6.47. The summed E-state index contributed by atoms with van der Waals surface area (Å²) in [6.07, 6.45) is 0.757. The fourth-order valence-corrected chi connectivity index (χ4v) is 5.07. The van der Waals surface area contributed by atoms with Crippen LogP contribution in [-0.4, -0.2) is 32.2 Å². The van der Waals surface area contributed by atoms with Crippen LogP contribution < -0.4 is 11.3 Å². The lowest BCUT2D eigenvalue weighted by Crippen LogP contribution is -2.31. The number of aryl methyl sites for hydroxylation is 1. The molecule has 0 aliphatic carbocycles. The number of aromatic nitrogens is 3. The molecule has 200 valence electrons. The number of fused-ring (bicyclic) bond motifs is 2. The molecule has 0 fully saturated rings. The van der Waals surface area contributed by atoms with Crippen molar-refractivity contribution in [3.8, 4) is 22.5 Å². The molecule has 39 heavy (non-hydrogen) atoms. The summed E-state index contributed by atoms with van der Waals surface area (Å²) < 4.78 is 9.22. The van der Waals surface area contributed by atoms with Gasteiger partial charge >= 0.3 is 5.97 Å². The number of ether oxygens (including phenoxy) is 1. The smallest absolute Gasteiger partial charge is 0.326 e. The topological polar surface area (TPSA) is 92.1 Å². The summed E-state index contributed by atoms with van der Waals surface area (Å²) in [5.74, 6) is -0.491. The molecule has 0 atom stereocenters. The molecule has 8 heteroatoms. The molecule has 2 aromatic heterocycles. The van der Waals surface area contributed by atoms with E-state index in [0.29, 0.717) is 34.7 Å². The molecule has 0 amide bonds. The molecule has 0 spiro atoms. The van der Waals surface area contributed by atoms with Crippen LogP contribution in [0.2, 0.25) is 5.02 Å². The number of carbonyl (C=O) groups is 1. The van der Waals surface area contributed by atoms with Crippen LogP contribution in [0.15, 0.2) is 77.6 Å². The highest BCUT2D eigenvalue weighted by Gasteiger charge is 2.26. The first kappa shape index (κ1) is 26.7. The Bertz CT molecular complexity index is 1730. The summed E-state index contributed by atoms with van der Waals surface area (Å²) >= 11 is 6.23. The van der Waals surface area contributed by atoms with Crippen LogP contribution in [0.5, 0.6) is 0 Å². The van der Waals surface area contributed by atoms with E-state index in [0.717, 1.165) is 28.6 Å². The molecule has 2 heterocycles. The van der Waals surface area contributed by atoms with Crippen molar-refractivity contribution in [2.24, 2.45) is 5.73 Å². The average molecular weight is 543 g/mol. The second kappa shape index (κ2) is 10.7. The molecule has 0 radical (unpaired) electrons. The number of nitrogens with zero attached hydrogens (tertiary/aromatic N) is 3. The van der Waals surface area contributed by atoms with Gasteiger partial charge in [-0.15, -0.1) is 0 Å². The number of nitrogens with two attached hydrogens (primary N) is 1.